The van der Waals surface area contributed by atoms with Crippen molar-refractivity contribution in [2.45, 2.75) is 19.1 Å². The van der Waals surface area contributed by atoms with Crippen LogP contribution in [0.15, 0.2) is 49.1 Å². The number of nitrogens with one attached hydrogen (secondary N) is 1. The van der Waals surface area contributed by atoms with Crippen molar-refractivity contribution >= 4 is 23.4 Å². The van der Waals surface area contributed by atoms with E-state index >= 15 is 0 Å². The predicted octanol–water partition coefficient (Wildman–Crippen LogP) is 3.24. The molecule has 3 rings (SSSR count). The van der Waals surface area contributed by atoms with Crippen LogP contribution in [-0.4, -0.2) is 47.9 Å². The molecule has 1 aromatic carbocycles. The van der Waals surface area contributed by atoms with Crippen LogP contribution in [0.4, 0.5) is 0 Å². The summed E-state index contributed by atoms with van der Waals surface area (Å²) in [5.41, 5.74) is 2.77. The van der Waals surface area contributed by atoms with Crippen LogP contribution in [0.3, 0.4) is 0 Å². The molecule has 1 aliphatic heterocycles. The first-order valence-electron chi connectivity index (χ1n) is 8.98. The van der Waals surface area contributed by atoms with Crippen molar-refractivity contribution in [1.82, 2.24) is 15.2 Å². The standard InChI is InChI=1S/C21H22ClN3O3/c1-4-20(26)25-11-13(2)28-18(12-25)16-9-17(24-19(22)10-16)14-6-5-7-15(8-14)21(27)23-3/h4-10,13,18H,1,11-12H2,2-3H3,(H,23,27)/t13-,18+/m0/s1. The molecule has 1 fully saturated rings. The third-order valence-corrected chi connectivity index (χ3v) is 4.78. The lowest BCUT2D eigenvalue weighted by Gasteiger charge is -2.36. The lowest BCUT2D eigenvalue weighted by molar-refractivity contribution is -0.139. The Morgan fingerprint density at radius 3 is 2.82 bits per heavy atom. The molecule has 0 bridgehead atoms. The van der Waals surface area contributed by atoms with E-state index in [0.717, 1.165) is 11.1 Å². The number of carbonyl (C=O) groups excluding carboxylic acids is 2. The summed E-state index contributed by atoms with van der Waals surface area (Å²) in [5, 5.41) is 2.93. The molecule has 1 aromatic heterocycles. The number of rotatable bonds is 4. The SMILES string of the molecule is C=CC(=O)N1C[C@H](C)O[C@@H](c2cc(Cl)nc(-c3cccc(C(=O)NC)c3)c2)C1. The first kappa shape index (κ1) is 20.0. The number of morpholine rings is 1. The molecule has 2 atom stereocenters. The van der Waals surface area contributed by atoms with Crippen LogP contribution in [0.25, 0.3) is 11.3 Å². The van der Waals surface area contributed by atoms with Crippen LogP contribution in [0.2, 0.25) is 5.15 Å². The van der Waals surface area contributed by atoms with E-state index in [0.29, 0.717) is 29.5 Å². The summed E-state index contributed by atoms with van der Waals surface area (Å²) in [6.07, 6.45) is 0.869. The number of ether oxygens (including phenoxy) is 1. The average molecular weight is 400 g/mol. The maximum absolute atomic E-state index is 12.1. The summed E-state index contributed by atoms with van der Waals surface area (Å²) >= 11 is 6.27. The smallest absolute Gasteiger partial charge is 0.251 e. The molecule has 1 N–H and O–H groups in total. The third-order valence-electron chi connectivity index (χ3n) is 4.58. The highest BCUT2D eigenvalue weighted by Crippen LogP contribution is 2.30. The number of carbonyl (C=O) groups is 2. The normalized spacial score (nSPS) is 19.2. The van der Waals surface area contributed by atoms with Gasteiger partial charge in [-0.3, -0.25) is 9.59 Å². The number of amides is 2. The van der Waals surface area contributed by atoms with E-state index < -0.39 is 0 Å². The lowest BCUT2D eigenvalue weighted by Crippen LogP contribution is -2.45. The van der Waals surface area contributed by atoms with E-state index in [-0.39, 0.29) is 24.0 Å². The Balaban J connectivity index is 1.94. The highest BCUT2D eigenvalue weighted by molar-refractivity contribution is 6.29. The van der Waals surface area contributed by atoms with Gasteiger partial charge in [-0.1, -0.05) is 30.3 Å². The van der Waals surface area contributed by atoms with Crippen molar-refractivity contribution in [3.8, 4) is 11.3 Å². The first-order valence-corrected chi connectivity index (χ1v) is 9.36. The van der Waals surface area contributed by atoms with E-state index in [2.05, 4.69) is 16.9 Å². The Labute approximate surface area is 169 Å². The molecule has 28 heavy (non-hydrogen) atoms. The second-order valence-corrected chi connectivity index (χ2v) is 7.04. The van der Waals surface area contributed by atoms with Gasteiger partial charge in [0.15, 0.2) is 0 Å². The van der Waals surface area contributed by atoms with Crippen molar-refractivity contribution in [2.24, 2.45) is 0 Å². The van der Waals surface area contributed by atoms with Gasteiger partial charge in [0.05, 0.1) is 18.3 Å². The Bertz CT molecular complexity index is 916. The molecular formula is C21H22ClN3O3. The fraction of sp³-hybridized carbons (Fsp3) is 0.286. The fourth-order valence-corrected chi connectivity index (χ4v) is 3.48. The number of halogens is 1. The Morgan fingerprint density at radius 1 is 1.32 bits per heavy atom. The topological polar surface area (TPSA) is 71.5 Å². The summed E-state index contributed by atoms with van der Waals surface area (Å²) in [6, 6.07) is 10.8. The molecule has 6 nitrogen and oxygen atoms in total. The van der Waals surface area contributed by atoms with Gasteiger partial charge in [0.25, 0.3) is 5.91 Å². The van der Waals surface area contributed by atoms with Gasteiger partial charge in [-0.05, 0) is 42.8 Å². The molecule has 0 unspecified atom stereocenters. The first-order chi connectivity index (χ1) is 13.4. The average Bonchev–Trinajstić information content (AvgIpc) is 2.71. The van der Waals surface area contributed by atoms with E-state index in [1.807, 2.05) is 19.1 Å². The van der Waals surface area contributed by atoms with Crippen molar-refractivity contribution in [3.63, 3.8) is 0 Å². The summed E-state index contributed by atoms with van der Waals surface area (Å²) in [7, 11) is 1.59. The quantitative estimate of drug-likeness (QED) is 0.632. The van der Waals surface area contributed by atoms with Gasteiger partial charge >= 0.3 is 0 Å². The zero-order valence-corrected chi connectivity index (χ0v) is 16.6. The van der Waals surface area contributed by atoms with Gasteiger partial charge in [0.2, 0.25) is 5.91 Å². The third kappa shape index (κ3) is 4.40. The predicted molar refractivity (Wildman–Crippen MR) is 108 cm³/mol. The highest BCUT2D eigenvalue weighted by Gasteiger charge is 2.29. The Morgan fingerprint density at radius 2 is 2.11 bits per heavy atom. The number of hydrogen-bond donors (Lipinski definition) is 1. The maximum atomic E-state index is 12.1. The molecule has 2 heterocycles. The number of aromatic nitrogens is 1. The second-order valence-electron chi connectivity index (χ2n) is 6.65. The lowest BCUT2D eigenvalue weighted by atomic mass is 10.0. The fourth-order valence-electron chi connectivity index (χ4n) is 3.26. The summed E-state index contributed by atoms with van der Waals surface area (Å²) in [4.78, 5) is 30.1. The van der Waals surface area contributed by atoms with Crippen LogP contribution in [-0.2, 0) is 9.53 Å². The number of nitrogens with zero attached hydrogens (tertiary/aromatic N) is 2. The molecule has 0 saturated carbocycles. The number of pyridine rings is 1. The Hall–Kier alpha value is -2.70. The van der Waals surface area contributed by atoms with Crippen molar-refractivity contribution in [2.75, 3.05) is 20.1 Å². The summed E-state index contributed by atoms with van der Waals surface area (Å²) < 4.78 is 6.04. The number of benzene rings is 1. The molecular weight excluding hydrogens is 378 g/mol. The molecule has 0 aliphatic carbocycles. The van der Waals surface area contributed by atoms with Crippen LogP contribution in [0, 0.1) is 0 Å². The number of hydrogen-bond acceptors (Lipinski definition) is 4. The van der Waals surface area contributed by atoms with Gasteiger partial charge in [0.1, 0.15) is 11.3 Å². The van der Waals surface area contributed by atoms with Crippen LogP contribution in [0.5, 0.6) is 0 Å². The molecule has 0 spiro atoms. The van der Waals surface area contributed by atoms with Crippen molar-refractivity contribution < 1.29 is 14.3 Å². The van der Waals surface area contributed by atoms with Crippen molar-refractivity contribution in [3.05, 3.63) is 65.3 Å². The zero-order chi connectivity index (χ0) is 20.3. The van der Waals surface area contributed by atoms with E-state index in [1.54, 1.807) is 36.2 Å². The molecule has 2 aromatic rings. The maximum Gasteiger partial charge on any atom is 0.251 e. The largest absolute Gasteiger partial charge is 0.367 e. The van der Waals surface area contributed by atoms with Crippen LogP contribution in [0.1, 0.15) is 28.9 Å². The minimum Gasteiger partial charge on any atom is -0.367 e. The molecule has 0 radical (unpaired) electrons. The van der Waals surface area contributed by atoms with Gasteiger partial charge in [-0.2, -0.15) is 0 Å². The molecule has 2 amide bonds. The Kier molecular flexibility index (Phi) is 6.11. The molecule has 146 valence electrons. The van der Waals surface area contributed by atoms with Gasteiger partial charge in [-0.25, -0.2) is 4.98 Å². The van der Waals surface area contributed by atoms with E-state index in [1.165, 1.54) is 6.08 Å². The van der Waals surface area contributed by atoms with Gasteiger partial charge in [-0.15, -0.1) is 0 Å². The monoisotopic (exact) mass is 399 g/mol. The zero-order valence-electron chi connectivity index (χ0n) is 15.8. The van der Waals surface area contributed by atoms with Gasteiger partial charge < -0.3 is 15.0 Å². The minimum absolute atomic E-state index is 0.116. The molecule has 7 heteroatoms. The van der Waals surface area contributed by atoms with Crippen LogP contribution >= 0.6 is 11.6 Å². The van der Waals surface area contributed by atoms with E-state index in [9.17, 15) is 9.59 Å². The molecule has 1 aliphatic rings. The molecule has 1 saturated heterocycles. The summed E-state index contributed by atoms with van der Waals surface area (Å²) in [5.74, 6) is -0.300. The highest BCUT2D eigenvalue weighted by atomic mass is 35.5. The van der Waals surface area contributed by atoms with E-state index in [4.69, 9.17) is 16.3 Å². The summed E-state index contributed by atoms with van der Waals surface area (Å²) in [6.45, 7) is 6.41. The minimum atomic E-state index is -0.325. The van der Waals surface area contributed by atoms with Crippen molar-refractivity contribution in [1.29, 1.82) is 0 Å². The second kappa shape index (κ2) is 8.54. The van der Waals surface area contributed by atoms with Crippen LogP contribution < -0.4 is 5.32 Å². The van der Waals surface area contributed by atoms with Gasteiger partial charge in [0, 0.05) is 24.7 Å².